The fraction of sp³-hybridized carbons (Fsp3) is 0.294. The van der Waals surface area contributed by atoms with Crippen LogP contribution in [-0.2, 0) is 0 Å². The summed E-state index contributed by atoms with van der Waals surface area (Å²) in [4.78, 5) is 0. The van der Waals surface area contributed by atoms with Gasteiger partial charge in [0.2, 0.25) is 0 Å². The van der Waals surface area contributed by atoms with E-state index in [1.807, 2.05) is 19.2 Å². The molecule has 1 N–H and O–H groups in total. The van der Waals surface area contributed by atoms with Crippen LogP contribution in [0.3, 0.4) is 0 Å². The van der Waals surface area contributed by atoms with E-state index in [0.29, 0.717) is 5.56 Å². The van der Waals surface area contributed by atoms with Gasteiger partial charge < -0.3 is 5.32 Å². The molecule has 3 heteroatoms. The van der Waals surface area contributed by atoms with E-state index < -0.39 is 0 Å². The fourth-order valence-corrected chi connectivity index (χ4v) is 2.75. The number of rotatable bonds is 3. The third-order valence-electron chi connectivity index (χ3n) is 3.60. The van der Waals surface area contributed by atoms with E-state index in [-0.39, 0.29) is 11.9 Å². The molecule has 0 fully saturated rings. The lowest BCUT2D eigenvalue weighted by Gasteiger charge is -2.20. The zero-order valence-electron chi connectivity index (χ0n) is 12.2. The molecule has 106 valence electrons. The predicted octanol–water partition coefficient (Wildman–Crippen LogP) is 4.82. The van der Waals surface area contributed by atoms with Crippen molar-refractivity contribution < 1.29 is 4.39 Å². The second-order valence-corrected chi connectivity index (χ2v) is 5.99. The Hall–Kier alpha value is -1.19. The summed E-state index contributed by atoms with van der Waals surface area (Å²) in [6.07, 6.45) is 0. The van der Waals surface area contributed by atoms with Crippen molar-refractivity contribution in [1.29, 1.82) is 0 Å². The van der Waals surface area contributed by atoms with Gasteiger partial charge in [0.1, 0.15) is 5.82 Å². The third-order valence-corrected chi connectivity index (χ3v) is 4.85. The lowest BCUT2D eigenvalue weighted by molar-refractivity contribution is 0.614. The molecule has 0 aliphatic rings. The first-order chi connectivity index (χ1) is 9.43. The fourth-order valence-electron chi connectivity index (χ4n) is 2.52. The first kappa shape index (κ1) is 15.2. The minimum absolute atomic E-state index is 0.0693. The zero-order chi connectivity index (χ0) is 14.9. The Morgan fingerprint density at radius 1 is 0.950 bits per heavy atom. The molecule has 1 nitrogen and oxygen atoms in total. The van der Waals surface area contributed by atoms with Crippen molar-refractivity contribution in [2.75, 3.05) is 7.05 Å². The van der Waals surface area contributed by atoms with Crippen LogP contribution in [0, 0.1) is 26.6 Å². The highest BCUT2D eigenvalue weighted by Gasteiger charge is 2.15. The maximum atomic E-state index is 13.4. The minimum atomic E-state index is -0.160. The van der Waals surface area contributed by atoms with E-state index in [1.165, 1.54) is 22.8 Å². The molecule has 0 saturated heterocycles. The first-order valence-corrected chi connectivity index (χ1v) is 7.43. The van der Waals surface area contributed by atoms with Crippen LogP contribution in [0.4, 0.5) is 4.39 Å². The van der Waals surface area contributed by atoms with Crippen molar-refractivity contribution in [3.63, 3.8) is 0 Å². The maximum Gasteiger partial charge on any atom is 0.126 e. The Kier molecular flexibility index (Phi) is 4.61. The number of benzene rings is 2. The van der Waals surface area contributed by atoms with E-state index >= 15 is 0 Å². The summed E-state index contributed by atoms with van der Waals surface area (Å²) in [6, 6.07) is 9.68. The van der Waals surface area contributed by atoms with Gasteiger partial charge in [0.15, 0.2) is 0 Å². The molecule has 0 saturated carbocycles. The van der Waals surface area contributed by atoms with Crippen LogP contribution in [0.1, 0.15) is 33.9 Å². The Morgan fingerprint density at radius 2 is 1.50 bits per heavy atom. The number of hydrogen-bond acceptors (Lipinski definition) is 1. The Balaban J connectivity index is 2.49. The van der Waals surface area contributed by atoms with Crippen molar-refractivity contribution in [2.24, 2.45) is 0 Å². The molecular formula is C17H19BrFN. The molecule has 2 aromatic carbocycles. The average molecular weight is 336 g/mol. The molecule has 1 unspecified atom stereocenters. The van der Waals surface area contributed by atoms with Crippen molar-refractivity contribution in [3.05, 3.63) is 68.4 Å². The van der Waals surface area contributed by atoms with Gasteiger partial charge in [-0.15, -0.1) is 0 Å². The smallest absolute Gasteiger partial charge is 0.126 e. The molecule has 0 aromatic heterocycles. The van der Waals surface area contributed by atoms with Crippen LogP contribution in [-0.4, -0.2) is 7.05 Å². The molecule has 0 radical (unpaired) electrons. The summed E-state index contributed by atoms with van der Waals surface area (Å²) in [5.74, 6) is -0.160. The van der Waals surface area contributed by atoms with Crippen molar-refractivity contribution in [1.82, 2.24) is 5.32 Å². The number of hydrogen-bond donors (Lipinski definition) is 1. The zero-order valence-corrected chi connectivity index (χ0v) is 13.8. The third kappa shape index (κ3) is 2.94. The monoisotopic (exact) mass is 335 g/mol. The van der Waals surface area contributed by atoms with Crippen molar-refractivity contribution in [2.45, 2.75) is 26.8 Å². The summed E-state index contributed by atoms with van der Waals surface area (Å²) < 4.78 is 14.6. The summed E-state index contributed by atoms with van der Waals surface area (Å²) in [6.45, 7) is 5.97. The van der Waals surface area contributed by atoms with Crippen molar-refractivity contribution >= 4 is 15.9 Å². The Morgan fingerprint density at radius 3 is 2.00 bits per heavy atom. The van der Waals surface area contributed by atoms with Gasteiger partial charge in [-0.05, 0) is 61.7 Å². The molecule has 20 heavy (non-hydrogen) atoms. The van der Waals surface area contributed by atoms with E-state index in [2.05, 4.69) is 47.2 Å². The molecule has 0 aliphatic carbocycles. The van der Waals surface area contributed by atoms with E-state index in [4.69, 9.17) is 0 Å². The van der Waals surface area contributed by atoms with Crippen LogP contribution >= 0.6 is 15.9 Å². The molecule has 0 spiro atoms. The van der Waals surface area contributed by atoms with Gasteiger partial charge in [0.25, 0.3) is 0 Å². The molecule has 0 aliphatic heterocycles. The topological polar surface area (TPSA) is 12.0 Å². The van der Waals surface area contributed by atoms with E-state index in [9.17, 15) is 4.39 Å². The molecular weight excluding hydrogens is 317 g/mol. The molecule has 2 rings (SSSR count). The lowest BCUT2D eigenvalue weighted by atomic mass is 9.95. The second-order valence-electron chi connectivity index (χ2n) is 5.20. The van der Waals surface area contributed by atoms with E-state index in [0.717, 1.165) is 10.0 Å². The molecule has 0 bridgehead atoms. The molecule has 0 heterocycles. The van der Waals surface area contributed by atoms with Gasteiger partial charge in [0.05, 0.1) is 6.04 Å². The maximum absolute atomic E-state index is 13.4. The Bertz CT molecular complexity index is 614. The van der Waals surface area contributed by atoms with Crippen LogP contribution in [0.2, 0.25) is 0 Å². The predicted molar refractivity (Wildman–Crippen MR) is 85.7 cm³/mol. The van der Waals surface area contributed by atoms with Gasteiger partial charge in [0, 0.05) is 4.47 Å². The lowest BCUT2D eigenvalue weighted by Crippen LogP contribution is -2.18. The van der Waals surface area contributed by atoms with Crippen molar-refractivity contribution in [3.8, 4) is 0 Å². The van der Waals surface area contributed by atoms with Gasteiger partial charge in [-0.25, -0.2) is 4.39 Å². The summed E-state index contributed by atoms with van der Waals surface area (Å²) in [5.41, 5.74) is 5.36. The Labute approximate surface area is 128 Å². The summed E-state index contributed by atoms with van der Waals surface area (Å²) >= 11 is 3.59. The van der Waals surface area contributed by atoms with E-state index in [1.54, 1.807) is 6.92 Å². The van der Waals surface area contributed by atoms with Gasteiger partial charge in [-0.2, -0.15) is 0 Å². The summed E-state index contributed by atoms with van der Waals surface area (Å²) in [7, 11) is 1.93. The molecule has 0 amide bonds. The van der Waals surface area contributed by atoms with Crippen LogP contribution in [0.5, 0.6) is 0 Å². The van der Waals surface area contributed by atoms with Crippen LogP contribution in [0.25, 0.3) is 0 Å². The van der Waals surface area contributed by atoms with Crippen LogP contribution < -0.4 is 5.32 Å². The highest BCUT2D eigenvalue weighted by molar-refractivity contribution is 9.10. The second kappa shape index (κ2) is 6.06. The highest BCUT2D eigenvalue weighted by Crippen LogP contribution is 2.29. The van der Waals surface area contributed by atoms with Crippen LogP contribution in [0.15, 0.2) is 34.8 Å². The van der Waals surface area contributed by atoms with Gasteiger partial charge >= 0.3 is 0 Å². The minimum Gasteiger partial charge on any atom is -0.309 e. The molecule has 2 aromatic rings. The highest BCUT2D eigenvalue weighted by atomic mass is 79.9. The number of nitrogens with one attached hydrogen (secondary N) is 1. The van der Waals surface area contributed by atoms with Gasteiger partial charge in [-0.3, -0.25) is 0 Å². The summed E-state index contributed by atoms with van der Waals surface area (Å²) in [5, 5.41) is 3.32. The number of halogens is 2. The number of aryl methyl sites for hydroxylation is 3. The van der Waals surface area contributed by atoms with Gasteiger partial charge in [-0.1, -0.05) is 40.2 Å². The average Bonchev–Trinajstić information content (AvgIpc) is 2.41. The first-order valence-electron chi connectivity index (χ1n) is 6.64. The standard InChI is InChI=1S/C17H19BrFN/c1-10-7-13(5-6-15(10)19)17(20-4)14-8-11(2)16(18)12(3)9-14/h5-9,17,20H,1-4H3. The largest absolute Gasteiger partial charge is 0.309 e. The quantitative estimate of drug-likeness (QED) is 0.847. The molecule has 1 atom stereocenters. The normalized spacial score (nSPS) is 12.5. The SMILES string of the molecule is CNC(c1ccc(F)c(C)c1)c1cc(C)c(Br)c(C)c1.